The zero-order valence-corrected chi connectivity index (χ0v) is 10.8. The van der Waals surface area contributed by atoms with Crippen molar-refractivity contribution < 1.29 is 9.59 Å². The highest BCUT2D eigenvalue weighted by Gasteiger charge is 2.43. The van der Waals surface area contributed by atoms with Crippen molar-refractivity contribution in [3.05, 3.63) is 54.1 Å². The number of hydrazine groups is 2. The van der Waals surface area contributed by atoms with Gasteiger partial charge in [0.15, 0.2) is 5.41 Å². The first-order valence-corrected chi connectivity index (χ1v) is 6.11. The molecule has 6 N–H and O–H groups in total. The molecule has 1 aliphatic carbocycles. The predicted octanol–water partition coefficient (Wildman–Crippen LogP) is -0.00390. The summed E-state index contributed by atoms with van der Waals surface area (Å²) in [6, 6.07) is 9.67. The molecule has 1 aromatic rings. The molecule has 2 amide bonds. The van der Waals surface area contributed by atoms with E-state index in [1.165, 1.54) is 6.08 Å². The second kappa shape index (κ2) is 5.68. The van der Waals surface area contributed by atoms with Crippen molar-refractivity contribution in [2.75, 3.05) is 0 Å². The largest absolute Gasteiger partial charge is 0.293 e. The Morgan fingerprint density at radius 3 is 2.10 bits per heavy atom. The molecule has 6 nitrogen and oxygen atoms in total. The Balaban J connectivity index is 2.31. The second-order valence-corrected chi connectivity index (χ2v) is 4.48. The molecular formula is C14H16N4O2. The smallest absolute Gasteiger partial charge is 0.253 e. The topological polar surface area (TPSA) is 110 Å². The van der Waals surface area contributed by atoms with E-state index in [2.05, 4.69) is 0 Å². The summed E-state index contributed by atoms with van der Waals surface area (Å²) < 4.78 is 0. The van der Waals surface area contributed by atoms with Gasteiger partial charge in [-0.1, -0.05) is 48.6 Å². The Morgan fingerprint density at radius 1 is 1.05 bits per heavy atom. The lowest BCUT2D eigenvalue weighted by molar-refractivity contribution is -0.140. The number of allylic oxidation sites excluding steroid dienone is 3. The van der Waals surface area contributed by atoms with Crippen molar-refractivity contribution in [2.45, 2.75) is 6.42 Å². The van der Waals surface area contributed by atoms with Gasteiger partial charge in [-0.25, -0.2) is 11.7 Å². The van der Waals surface area contributed by atoms with Crippen LogP contribution in [0.5, 0.6) is 0 Å². The van der Waals surface area contributed by atoms with Crippen LogP contribution in [0.1, 0.15) is 12.0 Å². The highest BCUT2D eigenvalue weighted by atomic mass is 16.2. The highest BCUT2D eigenvalue weighted by molar-refractivity contribution is 6.08. The van der Waals surface area contributed by atoms with E-state index in [9.17, 15) is 9.59 Å². The zero-order valence-electron chi connectivity index (χ0n) is 10.8. The fraction of sp³-hybridized carbons (Fsp3) is 0.143. The van der Waals surface area contributed by atoms with Gasteiger partial charge in [0.1, 0.15) is 0 Å². The maximum atomic E-state index is 11.9. The fourth-order valence-corrected chi connectivity index (χ4v) is 2.18. The van der Waals surface area contributed by atoms with Crippen molar-refractivity contribution in [1.82, 2.24) is 10.9 Å². The van der Waals surface area contributed by atoms with Crippen LogP contribution in [0, 0.1) is 5.41 Å². The molecule has 0 unspecified atom stereocenters. The molecule has 1 aromatic carbocycles. The normalized spacial score (nSPS) is 16.2. The average molecular weight is 272 g/mol. The number of nitrogens with one attached hydrogen (secondary N) is 2. The van der Waals surface area contributed by atoms with Gasteiger partial charge in [-0.15, -0.1) is 0 Å². The molecule has 0 aliphatic heterocycles. The number of amides is 2. The number of nitrogens with two attached hydrogens (primary N) is 2. The fourth-order valence-electron chi connectivity index (χ4n) is 2.18. The third-order valence-corrected chi connectivity index (χ3v) is 3.37. The van der Waals surface area contributed by atoms with Gasteiger partial charge >= 0.3 is 0 Å². The molecule has 0 fully saturated rings. The minimum Gasteiger partial charge on any atom is -0.293 e. The van der Waals surface area contributed by atoms with E-state index in [0.29, 0.717) is 0 Å². The minimum absolute atomic E-state index is 0.194. The molecule has 0 heterocycles. The lowest BCUT2D eigenvalue weighted by atomic mass is 9.77. The van der Waals surface area contributed by atoms with Crippen LogP contribution >= 0.6 is 0 Å². The van der Waals surface area contributed by atoms with Gasteiger partial charge in [-0.3, -0.25) is 20.4 Å². The summed E-state index contributed by atoms with van der Waals surface area (Å²) in [7, 11) is 0. The molecule has 1 aliphatic rings. The number of carbonyl (C=O) groups excluding carboxylic acids is 2. The maximum Gasteiger partial charge on any atom is 0.253 e. The van der Waals surface area contributed by atoms with E-state index < -0.39 is 17.2 Å². The monoisotopic (exact) mass is 272 g/mol. The number of rotatable bonds is 3. The Bertz CT molecular complexity index is 562. The standard InChI is InChI=1S/C14H16N4O2/c15-17-12(19)14(13(20)18-16)8-6-11(7-9-14)10-4-2-1-3-5-10/h1-8H,9,15-16H2,(H,17,19)(H,18,20). The number of hydrogen-bond donors (Lipinski definition) is 4. The molecular weight excluding hydrogens is 256 g/mol. The lowest BCUT2D eigenvalue weighted by Crippen LogP contribution is -2.54. The molecule has 2 rings (SSSR count). The Labute approximate surface area is 116 Å². The maximum absolute atomic E-state index is 11.9. The lowest BCUT2D eigenvalue weighted by Gasteiger charge is -2.28. The third kappa shape index (κ3) is 2.34. The van der Waals surface area contributed by atoms with Gasteiger partial charge in [0, 0.05) is 0 Å². The van der Waals surface area contributed by atoms with Crippen LogP contribution in [-0.2, 0) is 9.59 Å². The molecule has 0 saturated heterocycles. The first kappa shape index (κ1) is 14.0. The van der Waals surface area contributed by atoms with Gasteiger partial charge in [0.2, 0.25) is 0 Å². The SMILES string of the molecule is NNC(=O)C1(C(=O)NN)C=CC(c2ccccc2)=CC1. The summed E-state index contributed by atoms with van der Waals surface area (Å²) in [5.41, 5.74) is 4.57. The Morgan fingerprint density at radius 2 is 1.65 bits per heavy atom. The van der Waals surface area contributed by atoms with Crippen LogP contribution in [0.2, 0.25) is 0 Å². The molecule has 0 atom stereocenters. The molecule has 0 saturated carbocycles. The van der Waals surface area contributed by atoms with Crippen LogP contribution in [0.3, 0.4) is 0 Å². The van der Waals surface area contributed by atoms with E-state index in [0.717, 1.165) is 11.1 Å². The van der Waals surface area contributed by atoms with Crippen molar-refractivity contribution in [3.8, 4) is 0 Å². The summed E-state index contributed by atoms with van der Waals surface area (Å²) in [4.78, 5) is 23.8. The van der Waals surface area contributed by atoms with E-state index >= 15 is 0 Å². The summed E-state index contributed by atoms with van der Waals surface area (Å²) >= 11 is 0. The summed E-state index contributed by atoms with van der Waals surface area (Å²) in [6.07, 6.45) is 5.27. The molecule has 0 aromatic heterocycles. The van der Waals surface area contributed by atoms with Crippen LogP contribution in [0.15, 0.2) is 48.6 Å². The predicted molar refractivity (Wildman–Crippen MR) is 75.3 cm³/mol. The Hall–Kier alpha value is -2.44. The quantitative estimate of drug-likeness (QED) is 0.268. The number of carbonyl (C=O) groups is 2. The molecule has 104 valence electrons. The Kier molecular flexibility index (Phi) is 3.97. The first-order valence-electron chi connectivity index (χ1n) is 6.11. The van der Waals surface area contributed by atoms with Crippen LogP contribution in [0.25, 0.3) is 5.57 Å². The molecule has 0 radical (unpaired) electrons. The van der Waals surface area contributed by atoms with Gasteiger partial charge in [-0.05, 0) is 17.6 Å². The van der Waals surface area contributed by atoms with Crippen molar-refractivity contribution >= 4 is 17.4 Å². The molecule has 0 spiro atoms. The molecule has 0 bridgehead atoms. The summed E-state index contributed by atoms with van der Waals surface area (Å²) in [5.74, 6) is 9.11. The third-order valence-electron chi connectivity index (χ3n) is 3.37. The minimum atomic E-state index is -1.40. The zero-order chi connectivity index (χ0) is 14.6. The van der Waals surface area contributed by atoms with E-state index in [4.69, 9.17) is 11.7 Å². The molecule has 6 heteroatoms. The average Bonchev–Trinajstić information content (AvgIpc) is 2.54. The van der Waals surface area contributed by atoms with E-state index in [1.54, 1.807) is 6.08 Å². The number of benzene rings is 1. The van der Waals surface area contributed by atoms with Gasteiger partial charge in [0.05, 0.1) is 0 Å². The van der Waals surface area contributed by atoms with Crippen LogP contribution in [-0.4, -0.2) is 11.8 Å². The van der Waals surface area contributed by atoms with Crippen LogP contribution < -0.4 is 22.5 Å². The van der Waals surface area contributed by atoms with Gasteiger partial charge in [0.25, 0.3) is 11.8 Å². The summed E-state index contributed by atoms with van der Waals surface area (Å²) in [5, 5.41) is 0. The van der Waals surface area contributed by atoms with E-state index in [1.807, 2.05) is 47.3 Å². The second-order valence-electron chi connectivity index (χ2n) is 4.48. The molecule has 20 heavy (non-hydrogen) atoms. The number of hydrogen-bond acceptors (Lipinski definition) is 4. The van der Waals surface area contributed by atoms with Gasteiger partial charge < -0.3 is 0 Å². The van der Waals surface area contributed by atoms with Gasteiger partial charge in [-0.2, -0.15) is 0 Å². The summed E-state index contributed by atoms with van der Waals surface area (Å²) in [6.45, 7) is 0. The van der Waals surface area contributed by atoms with Crippen molar-refractivity contribution in [2.24, 2.45) is 17.1 Å². The van der Waals surface area contributed by atoms with Crippen LogP contribution in [0.4, 0.5) is 0 Å². The highest BCUT2D eigenvalue weighted by Crippen LogP contribution is 2.33. The van der Waals surface area contributed by atoms with E-state index in [-0.39, 0.29) is 6.42 Å². The van der Waals surface area contributed by atoms with Crippen molar-refractivity contribution in [1.29, 1.82) is 0 Å². The first-order chi connectivity index (χ1) is 9.64. The van der Waals surface area contributed by atoms with Crippen molar-refractivity contribution in [3.63, 3.8) is 0 Å².